The van der Waals surface area contributed by atoms with Crippen molar-refractivity contribution in [1.29, 1.82) is 0 Å². The number of rotatable bonds is 9. The molecule has 1 aliphatic heterocycles. The Kier molecular flexibility index (Phi) is 8.78. The maximum Gasteiger partial charge on any atom is 0.251 e. The zero-order chi connectivity index (χ0) is 22.8. The lowest BCUT2D eigenvalue weighted by atomic mass is 10.1. The van der Waals surface area contributed by atoms with Crippen molar-refractivity contribution in [2.45, 2.75) is 19.8 Å². The van der Waals surface area contributed by atoms with E-state index in [9.17, 15) is 4.79 Å². The normalized spacial score (nSPS) is 16.0. The van der Waals surface area contributed by atoms with Crippen LogP contribution in [0.3, 0.4) is 0 Å². The van der Waals surface area contributed by atoms with Crippen molar-refractivity contribution in [3.8, 4) is 5.75 Å². The lowest BCUT2D eigenvalue weighted by molar-refractivity contribution is 0.0963. The van der Waals surface area contributed by atoms with E-state index in [0.29, 0.717) is 11.5 Å². The number of ether oxygens (including phenoxy) is 1. The summed E-state index contributed by atoms with van der Waals surface area (Å²) >= 11 is 0. The maximum atomic E-state index is 11.8. The number of nitrogens with zero attached hydrogens (tertiary/aromatic N) is 2. The third-order valence-electron chi connectivity index (χ3n) is 5.69. The second kappa shape index (κ2) is 12.0. The molecule has 0 aromatic heterocycles. The molecule has 1 amide bonds. The molecule has 2 aromatic carbocycles. The van der Waals surface area contributed by atoms with E-state index in [-0.39, 0.29) is 5.91 Å². The number of carbonyl (C=O) groups is 1. The van der Waals surface area contributed by atoms with E-state index < -0.39 is 0 Å². The molecule has 1 unspecified atom stereocenters. The van der Waals surface area contributed by atoms with Crippen molar-refractivity contribution in [1.82, 2.24) is 16.0 Å². The van der Waals surface area contributed by atoms with Gasteiger partial charge in [-0.05, 0) is 55.5 Å². The number of para-hydroxylation sites is 2. The Hall–Kier alpha value is -3.22. The van der Waals surface area contributed by atoms with Crippen molar-refractivity contribution in [2.24, 2.45) is 10.9 Å². The van der Waals surface area contributed by atoms with Crippen molar-refractivity contribution >= 4 is 17.6 Å². The van der Waals surface area contributed by atoms with Crippen LogP contribution in [0.25, 0.3) is 0 Å². The van der Waals surface area contributed by atoms with Crippen LogP contribution in [0.1, 0.15) is 29.3 Å². The topological polar surface area (TPSA) is 78.0 Å². The van der Waals surface area contributed by atoms with Gasteiger partial charge in [-0.3, -0.25) is 9.79 Å². The lowest BCUT2D eigenvalue weighted by Crippen LogP contribution is -2.38. The molecule has 0 saturated carbocycles. The number of aliphatic imine (C=N–C) groups is 1. The van der Waals surface area contributed by atoms with E-state index in [1.807, 2.05) is 36.4 Å². The average Bonchev–Trinajstić information content (AvgIpc) is 3.31. The molecule has 0 radical (unpaired) electrons. The zero-order valence-electron chi connectivity index (χ0n) is 19.4. The van der Waals surface area contributed by atoms with E-state index in [0.717, 1.165) is 68.5 Å². The van der Waals surface area contributed by atoms with Crippen LogP contribution in [-0.4, -0.2) is 58.7 Å². The summed E-state index contributed by atoms with van der Waals surface area (Å²) in [4.78, 5) is 19.0. The van der Waals surface area contributed by atoms with E-state index >= 15 is 0 Å². The van der Waals surface area contributed by atoms with Crippen molar-refractivity contribution in [3.05, 3.63) is 59.7 Å². The van der Waals surface area contributed by atoms with Gasteiger partial charge in [0, 0.05) is 45.3 Å². The molecule has 0 aliphatic carbocycles. The highest BCUT2D eigenvalue weighted by Gasteiger charge is 2.24. The van der Waals surface area contributed by atoms with Gasteiger partial charge in [-0.25, -0.2) is 0 Å². The summed E-state index contributed by atoms with van der Waals surface area (Å²) in [5, 5.41) is 9.42. The second-order valence-electron chi connectivity index (χ2n) is 7.95. The van der Waals surface area contributed by atoms with E-state index in [2.05, 4.69) is 39.9 Å². The molecule has 32 heavy (non-hydrogen) atoms. The summed E-state index contributed by atoms with van der Waals surface area (Å²) in [6, 6.07) is 15.9. The number of hydrogen-bond acceptors (Lipinski definition) is 4. The molecular formula is C25H35N5O2. The summed E-state index contributed by atoms with van der Waals surface area (Å²) in [6.07, 6.45) is 1.94. The Balaban J connectivity index is 1.51. The molecule has 7 nitrogen and oxygen atoms in total. The van der Waals surface area contributed by atoms with E-state index in [4.69, 9.17) is 9.73 Å². The van der Waals surface area contributed by atoms with Crippen LogP contribution >= 0.6 is 0 Å². The second-order valence-corrected chi connectivity index (χ2v) is 7.95. The van der Waals surface area contributed by atoms with Gasteiger partial charge in [0.1, 0.15) is 5.75 Å². The zero-order valence-corrected chi connectivity index (χ0v) is 19.4. The Morgan fingerprint density at radius 2 is 2.03 bits per heavy atom. The molecule has 3 N–H and O–H groups in total. The molecule has 7 heteroatoms. The van der Waals surface area contributed by atoms with Crippen LogP contribution in [0.15, 0.2) is 53.5 Å². The Bertz CT molecular complexity index is 915. The van der Waals surface area contributed by atoms with Crippen molar-refractivity contribution < 1.29 is 9.53 Å². The number of hydrogen-bond donors (Lipinski definition) is 3. The van der Waals surface area contributed by atoms with Gasteiger partial charge in [-0.2, -0.15) is 0 Å². The molecule has 0 bridgehead atoms. The molecular weight excluding hydrogens is 402 g/mol. The van der Waals surface area contributed by atoms with Gasteiger partial charge in [-0.15, -0.1) is 0 Å². The highest BCUT2D eigenvalue weighted by Crippen LogP contribution is 2.31. The van der Waals surface area contributed by atoms with Gasteiger partial charge in [-0.1, -0.05) is 24.3 Å². The molecule has 172 valence electrons. The number of benzene rings is 2. The first-order chi connectivity index (χ1) is 15.6. The van der Waals surface area contributed by atoms with Gasteiger partial charge < -0.3 is 25.6 Å². The summed E-state index contributed by atoms with van der Waals surface area (Å²) in [7, 11) is 3.37. The van der Waals surface area contributed by atoms with Crippen LogP contribution < -0.4 is 25.6 Å². The molecule has 1 atom stereocenters. The predicted octanol–water partition coefficient (Wildman–Crippen LogP) is 2.68. The fraction of sp³-hybridized carbons (Fsp3) is 0.440. The molecule has 1 saturated heterocycles. The fourth-order valence-corrected chi connectivity index (χ4v) is 3.99. The van der Waals surface area contributed by atoms with Gasteiger partial charge in [0.15, 0.2) is 5.96 Å². The number of carbonyl (C=O) groups excluding carboxylic acids is 1. The number of nitrogens with one attached hydrogen (secondary N) is 3. The third kappa shape index (κ3) is 6.39. The van der Waals surface area contributed by atoms with Crippen molar-refractivity contribution in [3.63, 3.8) is 0 Å². The maximum absolute atomic E-state index is 11.8. The summed E-state index contributed by atoms with van der Waals surface area (Å²) in [5.74, 6) is 2.21. The van der Waals surface area contributed by atoms with Crippen LogP contribution in [0.5, 0.6) is 5.75 Å². The van der Waals surface area contributed by atoms with Crippen LogP contribution in [0.4, 0.5) is 5.69 Å². The molecule has 2 aromatic rings. The van der Waals surface area contributed by atoms with Crippen molar-refractivity contribution in [2.75, 3.05) is 51.8 Å². The minimum atomic E-state index is -0.0616. The molecule has 1 heterocycles. The van der Waals surface area contributed by atoms with Gasteiger partial charge in [0.25, 0.3) is 5.91 Å². The third-order valence-corrected chi connectivity index (χ3v) is 5.69. The molecule has 0 spiro atoms. The quantitative estimate of drug-likeness (QED) is 0.415. The predicted molar refractivity (Wildman–Crippen MR) is 131 cm³/mol. The van der Waals surface area contributed by atoms with E-state index in [1.54, 1.807) is 14.2 Å². The van der Waals surface area contributed by atoms with Crippen LogP contribution in [0, 0.1) is 5.92 Å². The Morgan fingerprint density at radius 1 is 1.19 bits per heavy atom. The van der Waals surface area contributed by atoms with Crippen LogP contribution in [0.2, 0.25) is 0 Å². The minimum Gasteiger partial charge on any atom is -0.495 e. The monoisotopic (exact) mass is 437 g/mol. The largest absolute Gasteiger partial charge is 0.495 e. The smallest absolute Gasteiger partial charge is 0.251 e. The standard InChI is InChI=1S/C25H35N5O2/c1-4-27-25(28-14-12-19-8-7-9-21(16-19)24(31)26-2)29-17-20-13-15-30(18-20)22-10-5-6-11-23(22)32-3/h5-11,16,20H,4,12-15,17-18H2,1-3H3,(H,26,31)(H2,27,28,29). The fourth-order valence-electron chi connectivity index (χ4n) is 3.99. The molecule has 1 fully saturated rings. The first-order valence-electron chi connectivity index (χ1n) is 11.4. The van der Waals surface area contributed by atoms with Gasteiger partial charge in [0.2, 0.25) is 0 Å². The summed E-state index contributed by atoms with van der Waals surface area (Å²) in [6.45, 7) is 6.43. The SMILES string of the molecule is CCNC(=NCC1CCN(c2ccccc2OC)C1)NCCc1cccc(C(=O)NC)c1. The Labute approximate surface area is 191 Å². The highest BCUT2D eigenvalue weighted by atomic mass is 16.5. The first kappa shape index (κ1) is 23.4. The average molecular weight is 438 g/mol. The summed E-state index contributed by atoms with van der Waals surface area (Å²) < 4.78 is 5.52. The van der Waals surface area contributed by atoms with Gasteiger partial charge in [0.05, 0.1) is 12.8 Å². The van der Waals surface area contributed by atoms with E-state index in [1.165, 1.54) is 0 Å². The number of anilines is 1. The lowest BCUT2D eigenvalue weighted by Gasteiger charge is -2.21. The number of guanidine groups is 1. The van der Waals surface area contributed by atoms with Gasteiger partial charge >= 0.3 is 0 Å². The molecule has 1 aliphatic rings. The Morgan fingerprint density at radius 3 is 2.81 bits per heavy atom. The number of methoxy groups -OCH3 is 1. The molecule has 3 rings (SSSR count). The number of amides is 1. The highest BCUT2D eigenvalue weighted by molar-refractivity contribution is 5.94. The first-order valence-corrected chi connectivity index (χ1v) is 11.4. The summed E-state index contributed by atoms with van der Waals surface area (Å²) in [5.41, 5.74) is 2.97. The van der Waals surface area contributed by atoms with Crippen LogP contribution in [-0.2, 0) is 6.42 Å². The minimum absolute atomic E-state index is 0.0616.